The zero-order valence-corrected chi connectivity index (χ0v) is 10.0. The Morgan fingerprint density at radius 3 is 2.63 bits per heavy atom. The molecule has 0 bridgehead atoms. The number of ether oxygens (including phenoxy) is 1. The van der Waals surface area contributed by atoms with Crippen molar-refractivity contribution < 1.29 is 18.7 Å². The molecule has 0 radical (unpaired) electrons. The van der Waals surface area contributed by atoms with Crippen LogP contribution in [0.1, 0.15) is 0 Å². The van der Waals surface area contributed by atoms with Crippen molar-refractivity contribution in [3.05, 3.63) is 30.1 Å². The van der Waals surface area contributed by atoms with Crippen molar-refractivity contribution in [1.29, 1.82) is 0 Å². The van der Waals surface area contributed by atoms with E-state index in [-0.39, 0.29) is 12.4 Å². The van der Waals surface area contributed by atoms with E-state index in [1.807, 2.05) is 0 Å². The second-order valence-electron chi connectivity index (χ2n) is 3.73. The first kappa shape index (κ1) is 13.0. The maximum absolute atomic E-state index is 12.8. The molecule has 100 valence electrons. The number of methoxy groups -OCH3 is 1. The van der Waals surface area contributed by atoms with Gasteiger partial charge in [-0.15, -0.1) is 5.10 Å². The van der Waals surface area contributed by atoms with Crippen LogP contribution in [0.2, 0.25) is 0 Å². The van der Waals surface area contributed by atoms with Crippen molar-refractivity contribution in [3.8, 4) is 0 Å². The Morgan fingerprint density at radius 1 is 1.42 bits per heavy atom. The summed E-state index contributed by atoms with van der Waals surface area (Å²) in [5, 5.41) is 5.70. The van der Waals surface area contributed by atoms with E-state index in [2.05, 4.69) is 9.84 Å². The molecule has 1 aliphatic rings. The van der Waals surface area contributed by atoms with Gasteiger partial charge in [0.05, 0.1) is 12.8 Å². The number of anilines is 1. The third-order valence-electron chi connectivity index (χ3n) is 2.45. The summed E-state index contributed by atoms with van der Waals surface area (Å²) < 4.78 is 17.3. The lowest BCUT2D eigenvalue weighted by Gasteiger charge is -2.28. The average molecular weight is 266 g/mol. The number of amidine groups is 1. The molecule has 1 aliphatic heterocycles. The second-order valence-corrected chi connectivity index (χ2v) is 3.73. The van der Waals surface area contributed by atoms with E-state index in [4.69, 9.17) is 5.84 Å². The molecule has 0 saturated heterocycles. The smallest absolute Gasteiger partial charge is 0.377 e. The lowest BCUT2D eigenvalue weighted by molar-refractivity contribution is -0.133. The van der Waals surface area contributed by atoms with Gasteiger partial charge in [0, 0.05) is 0 Å². The molecule has 19 heavy (non-hydrogen) atoms. The highest BCUT2D eigenvalue weighted by atomic mass is 19.1. The number of carbonyl (C=O) groups excluding carboxylic acids is 2. The molecule has 0 spiro atoms. The van der Waals surface area contributed by atoms with Crippen molar-refractivity contribution >= 4 is 23.4 Å². The maximum Gasteiger partial charge on any atom is 0.377 e. The fraction of sp³-hybridized carbons (Fsp3) is 0.182. The van der Waals surface area contributed by atoms with Gasteiger partial charge in [-0.2, -0.15) is 5.01 Å². The minimum Gasteiger partial charge on any atom is -0.463 e. The van der Waals surface area contributed by atoms with E-state index >= 15 is 0 Å². The Hall–Kier alpha value is -2.48. The summed E-state index contributed by atoms with van der Waals surface area (Å²) in [4.78, 5) is 23.2. The van der Waals surface area contributed by atoms with Gasteiger partial charge in [-0.05, 0) is 24.3 Å². The van der Waals surface area contributed by atoms with Crippen LogP contribution in [0.5, 0.6) is 0 Å². The van der Waals surface area contributed by atoms with Gasteiger partial charge >= 0.3 is 5.97 Å². The Kier molecular flexibility index (Phi) is 3.43. The largest absolute Gasteiger partial charge is 0.463 e. The van der Waals surface area contributed by atoms with Gasteiger partial charge in [-0.25, -0.2) is 15.0 Å². The van der Waals surface area contributed by atoms with Gasteiger partial charge in [-0.1, -0.05) is 0 Å². The Morgan fingerprint density at radius 2 is 2.05 bits per heavy atom. The van der Waals surface area contributed by atoms with Gasteiger partial charge in [0.2, 0.25) is 5.84 Å². The molecule has 1 heterocycles. The van der Waals surface area contributed by atoms with Crippen molar-refractivity contribution in [1.82, 2.24) is 5.01 Å². The molecule has 1 amide bonds. The van der Waals surface area contributed by atoms with E-state index in [0.717, 1.165) is 10.0 Å². The first-order chi connectivity index (χ1) is 9.02. The number of amides is 1. The number of hydrogen-bond donors (Lipinski definition) is 1. The number of nitrogens with two attached hydrogens (primary N) is 1. The van der Waals surface area contributed by atoms with Crippen LogP contribution in [-0.4, -0.2) is 36.4 Å². The number of nitrogens with zero attached hydrogens (tertiary/aromatic N) is 3. The zero-order valence-electron chi connectivity index (χ0n) is 10.0. The predicted octanol–water partition coefficient (Wildman–Crippen LogP) is -0.165. The quantitative estimate of drug-likeness (QED) is 0.593. The van der Waals surface area contributed by atoms with Crippen LogP contribution < -0.4 is 10.9 Å². The number of rotatable bonds is 2. The highest BCUT2D eigenvalue weighted by Gasteiger charge is 2.30. The lowest BCUT2D eigenvalue weighted by Crippen LogP contribution is -2.53. The number of hydrogen-bond acceptors (Lipinski definition) is 6. The Balaban J connectivity index is 2.38. The first-order valence-corrected chi connectivity index (χ1v) is 5.30. The molecule has 2 N–H and O–H groups in total. The van der Waals surface area contributed by atoms with Crippen LogP contribution >= 0.6 is 0 Å². The molecule has 0 atom stereocenters. The van der Waals surface area contributed by atoms with Gasteiger partial charge in [0.15, 0.2) is 0 Å². The summed E-state index contributed by atoms with van der Waals surface area (Å²) in [6, 6.07) is 5.12. The van der Waals surface area contributed by atoms with Crippen molar-refractivity contribution in [2.75, 3.05) is 18.7 Å². The standard InChI is InChI=1S/C11H11FN4O3/c1-19-11(18)10-14-16(9(17)6-15(10)13)8-4-2-7(12)3-5-8/h2-5H,6,13H2,1H3. The summed E-state index contributed by atoms with van der Waals surface area (Å²) in [5.74, 6) is 3.66. The number of esters is 1. The molecule has 7 nitrogen and oxygen atoms in total. The molecule has 0 aromatic heterocycles. The molecule has 1 aromatic carbocycles. The van der Waals surface area contributed by atoms with Crippen LogP contribution in [0.25, 0.3) is 0 Å². The molecule has 0 fully saturated rings. The number of benzene rings is 1. The number of halogens is 1. The lowest BCUT2D eigenvalue weighted by atomic mass is 10.3. The zero-order chi connectivity index (χ0) is 14.0. The molecule has 2 rings (SSSR count). The number of hydrazine groups is 1. The average Bonchev–Trinajstić information content (AvgIpc) is 2.39. The molecule has 0 unspecified atom stereocenters. The third kappa shape index (κ3) is 2.52. The Bertz CT molecular complexity index is 543. The van der Waals surface area contributed by atoms with E-state index in [0.29, 0.717) is 5.69 Å². The summed E-state index contributed by atoms with van der Waals surface area (Å²) in [5.41, 5.74) is 0.334. The fourth-order valence-corrected chi connectivity index (χ4v) is 1.53. The fourth-order valence-electron chi connectivity index (χ4n) is 1.53. The normalized spacial score (nSPS) is 15.3. The van der Waals surface area contributed by atoms with Crippen molar-refractivity contribution in [2.24, 2.45) is 10.9 Å². The van der Waals surface area contributed by atoms with Crippen molar-refractivity contribution in [2.45, 2.75) is 0 Å². The topological polar surface area (TPSA) is 88.2 Å². The SMILES string of the molecule is COC(=O)C1=NN(c2ccc(F)cc2)C(=O)CN1N. The van der Waals surface area contributed by atoms with Gasteiger partial charge < -0.3 is 4.74 Å². The summed E-state index contributed by atoms with van der Waals surface area (Å²) >= 11 is 0. The maximum atomic E-state index is 12.8. The predicted molar refractivity (Wildman–Crippen MR) is 64.2 cm³/mol. The monoisotopic (exact) mass is 266 g/mol. The van der Waals surface area contributed by atoms with Gasteiger partial charge in [0.25, 0.3) is 5.91 Å². The number of hydrazone groups is 1. The van der Waals surface area contributed by atoms with Gasteiger partial charge in [0.1, 0.15) is 12.4 Å². The molecule has 1 aromatic rings. The molecular weight excluding hydrogens is 255 g/mol. The van der Waals surface area contributed by atoms with E-state index in [1.54, 1.807) is 0 Å². The van der Waals surface area contributed by atoms with Gasteiger partial charge in [-0.3, -0.25) is 9.80 Å². The van der Waals surface area contributed by atoms with Crippen molar-refractivity contribution in [3.63, 3.8) is 0 Å². The minimum absolute atomic E-state index is 0.202. The highest BCUT2D eigenvalue weighted by molar-refractivity contribution is 6.36. The van der Waals surface area contributed by atoms with E-state index in [9.17, 15) is 14.0 Å². The van der Waals surface area contributed by atoms with Crippen LogP contribution in [0.4, 0.5) is 10.1 Å². The Labute approximate surface area is 108 Å². The van der Waals surface area contributed by atoms with Crippen LogP contribution in [0.3, 0.4) is 0 Å². The molecular formula is C11H11FN4O3. The summed E-state index contributed by atoms with van der Waals surface area (Å²) in [6.45, 7) is -0.231. The minimum atomic E-state index is -0.762. The highest BCUT2D eigenvalue weighted by Crippen LogP contribution is 2.18. The van der Waals surface area contributed by atoms with Crippen LogP contribution in [-0.2, 0) is 14.3 Å². The third-order valence-corrected chi connectivity index (χ3v) is 2.45. The second kappa shape index (κ2) is 5.02. The molecule has 0 saturated carbocycles. The molecule has 0 aliphatic carbocycles. The van der Waals surface area contributed by atoms with E-state index in [1.165, 1.54) is 31.4 Å². The number of carbonyl (C=O) groups is 2. The first-order valence-electron chi connectivity index (χ1n) is 5.30. The summed E-state index contributed by atoms with van der Waals surface area (Å²) in [6.07, 6.45) is 0. The van der Waals surface area contributed by atoms with E-state index < -0.39 is 17.7 Å². The molecule has 8 heteroatoms. The van der Waals surface area contributed by atoms with Crippen LogP contribution in [0, 0.1) is 5.82 Å². The van der Waals surface area contributed by atoms with Crippen LogP contribution in [0.15, 0.2) is 29.4 Å². The summed E-state index contributed by atoms with van der Waals surface area (Å²) in [7, 11) is 1.18.